The number of para-hydroxylation sites is 1. The third-order valence-corrected chi connectivity index (χ3v) is 5.84. The van der Waals surface area contributed by atoms with Gasteiger partial charge in [0.2, 0.25) is 0 Å². The van der Waals surface area contributed by atoms with Crippen molar-refractivity contribution in [3.05, 3.63) is 71.9 Å². The van der Waals surface area contributed by atoms with Gasteiger partial charge < -0.3 is 9.64 Å². The average Bonchev–Trinajstić information content (AvgIpc) is 2.78. The molecule has 1 aliphatic heterocycles. The van der Waals surface area contributed by atoms with Crippen LogP contribution in [0.3, 0.4) is 0 Å². The zero-order chi connectivity index (χ0) is 20.1. The highest BCUT2D eigenvalue weighted by Crippen LogP contribution is 2.25. The van der Waals surface area contributed by atoms with Crippen LogP contribution in [0.15, 0.2) is 60.8 Å². The van der Waals surface area contributed by atoms with Gasteiger partial charge in [0.05, 0.1) is 17.7 Å². The highest BCUT2D eigenvalue weighted by atomic mass is 16.5. The molecular weight excluding hydrogens is 360 g/mol. The van der Waals surface area contributed by atoms with Gasteiger partial charge in [-0.2, -0.15) is 0 Å². The lowest BCUT2D eigenvalue weighted by atomic mass is 9.90. The Balaban J connectivity index is 1.31. The van der Waals surface area contributed by atoms with E-state index in [0.29, 0.717) is 12.5 Å². The van der Waals surface area contributed by atoms with Gasteiger partial charge in [-0.05, 0) is 68.4 Å². The summed E-state index contributed by atoms with van der Waals surface area (Å²) in [5.41, 5.74) is 2.88. The Hall–Kier alpha value is -2.88. The molecule has 4 rings (SSSR count). The number of aromatic nitrogens is 1. The first-order valence-corrected chi connectivity index (χ1v) is 10.6. The van der Waals surface area contributed by atoms with Crippen LogP contribution in [0, 0.1) is 5.92 Å². The number of aryl methyl sites for hydroxylation is 1. The lowest BCUT2D eigenvalue weighted by Crippen LogP contribution is -2.38. The quantitative estimate of drug-likeness (QED) is 0.589. The highest BCUT2D eigenvalue weighted by molar-refractivity contribution is 6.05. The summed E-state index contributed by atoms with van der Waals surface area (Å²) in [6.45, 7) is 4.36. The van der Waals surface area contributed by atoms with Crippen LogP contribution in [-0.4, -0.2) is 35.5 Å². The number of hydrogen-bond donors (Lipinski definition) is 0. The number of pyridine rings is 1. The van der Waals surface area contributed by atoms with Gasteiger partial charge in [0.1, 0.15) is 5.75 Å². The van der Waals surface area contributed by atoms with Crippen LogP contribution in [0.2, 0.25) is 0 Å². The highest BCUT2D eigenvalue weighted by Gasteiger charge is 2.24. The van der Waals surface area contributed by atoms with E-state index in [0.717, 1.165) is 54.6 Å². The van der Waals surface area contributed by atoms with Crippen LogP contribution in [0.1, 0.15) is 42.1 Å². The van der Waals surface area contributed by atoms with Gasteiger partial charge in [-0.15, -0.1) is 0 Å². The zero-order valence-corrected chi connectivity index (χ0v) is 17.0. The summed E-state index contributed by atoms with van der Waals surface area (Å²) in [5, 5.41) is 1.02. The maximum absolute atomic E-state index is 13.1. The van der Waals surface area contributed by atoms with Crippen LogP contribution in [0.5, 0.6) is 5.75 Å². The van der Waals surface area contributed by atoms with E-state index in [-0.39, 0.29) is 5.91 Å². The fourth-order valence-electron chi connectivity index (χ4n) is 4.16. The lowest BCUT2D eigenvalue weighted by molar-refractivity contribution is 0.0688. The molecule has 1 aromatic heterocycles. The normalized spacial score (nSPS) is 14.9. The van der Waals surface area contributed by atoms with Crippen molar-refractivity contribution in [1.82, 2.24) is 9.88 Å². The Labute approximate surface area is 172 Å². The summed E-state index contributed by atoms with van der Waals surface area (Å²) in [5.74, 6) is 1.72. The van der Waals surface area contributed by atoms with Crippen molar-refractivity contribution < 1.29 is 9.53 Å². The number of likely N-dealkylation sites (tertiary alicyclic amines) is 1. The molecule has 150 valence electrons. The standard InChI is InChI=1S/C25H28N2O2/c1-2-29-22-12-10-19(11-13-22)8-9-20-14-17-27(18-15-20)25(28)23-7-3-5-21-6-4-16-26-24(21)23/h3-7,10-13,16,20H,2,8-9,14-15,17-18H2,1H3. The van der Waals surface area contributed by atoms with Crippen molar-refractivity contribution in [2.75, 3.05) is 19.7 Å². The smallest absolute Gasteiger partial charge is 0.256 e. The minimum Gasteiger partial charge on any atom is -0.494 e. The van der Waals surface area contributed by atoms with Crippen LogP contribution < -0.4 is 4.74 Å². The number of amides is 1. The summed E-state index contributed by atoms with van der Waals surface area (Å²) < 4.78 is 5.51. The first kappa shape index (κ1) is 19.4. The SMILES string of the molecule is CCOc1ccc(CCC2CCN(C(=O)c3cccc4cccnc34)CC2)cc1. The molecule has 0 spiro atoms. The summed E-state index contributed by atoms with van der Waals surface area (Å²) in [7, 11) is 0. The van der Waals surface area contributed by atoms with Crippen LogP contribution in [0.4, 0.5) is 0 Å². The molecule has 2 heterocycles. The van der Waals surface area contributed by atoms with Gasteiger partial charge in [-0.25, -0.2) is 0 Å². The average molecular weight is 389 g/mol. The Kier molecular flexibility index (Phi) is 6.09. The first-order chi connectivity index (χ1) is 14.2. The van der Waals surface area contributed by atoms with Gasteiger partial charge in [-0.3, -0.25) is 9.78 Å². The molecule has 1 amide bonds. The summed E-state index contributed by atoms with van der Waals surface area (Å²) >= 11 is 0. The van der Waals surface area contributed by atoms with E-state index < -0.39 is 0 Å². The molecule has 4 heteroatoms. The second-order valence-corrected chi connectivity index (χ2v) is 7.73. The number of benzene rings is 2. The van der Waals surface area contributed by atoms with E-state index in [1.807, 2.05) is 42.2 Å². The van der Waals surface area contributed by atoms with E-state index in [1.54, 1.807) is 6.20 Å². The number of carbonyl (C=O) groups is 1. The van der Waals surface area contributed by atoms with E-state index in [2.05, 4.69) is 29.2 Å². The molecule has 4 nitrogen and oxygen atoms in total. The Morgan fingerprint density at radius 1 is 1.07 bits per heavy atom. The largest absolute Gasteiger partial charge is 0.494 e. The summed E-state index contributed by atoms with van der Waals surface area (Å²) in [6, 6.07) is 18.2. The number of piperidine rings is 1. The predicted molar refractivity (Wildman–Crippen MR) is 116 cm³/mol. The van der Waals surface area contributed by atoms with Gasteiger partial charge in [-0.1, -0.05) is 30.3 Å². The number of fused-ring (bicyclic) bond motifs is 1. The number of carbonyl (C=O) groups excluding carboxylic acids is 1. The Morgan fingerprint density at radius 2 is 1.83 bits per heavy atom. The van der Waals surface area contributed by atoms with E-state index in [1.165, 1.54) is 12.0 Å². The maximum atomic E-state index is 13.1. The van der Waals surface area contributed by atoms with Gasteiger partial charge >= 0.3 is 0 Å². The molecule has 1 saturated heterocycles. The monoisotopic (exact) mass is 388 g/mol. The van der Waals surface area contributed by atoms with Crippen molar-refractivity contribution in [2.45, 2.75) is 32.6 Å². The topological polar surface area (TPSA) is 42.4 Å². The van der Waals surface area contributed by atoms with Crippen LogP contribution >= 0.6 is 0 Å². The second-order valence-electron chi connectivity index (χ2n) is 7.73. The third-order valence-electron chi connectivity index (χ3n) is 5.84. The molecule has 0 aliphatic carbocycles. The van der Waals surface area contributed by atoms with E-state index in [4.69, 9.17) is 4.74 Å². The molecule has 1 aliphatic rings. The second kappa shape index (κ2) is 9.08. The number of ether oxygens (including phenoxy) is 1. The lowest BCUT2D eigenvalue weighted by Gasteiger charge is -2.32. The van der Waals surface area contributed by atoms with E-state index >= 15 is 0 Å². The molecule has 0 radical (unpaired) electrons. The molecule has 2 aromatic carbocycles. The molecule has 0 saturated carbocycles. The molecular formula is C25H28N2O2. The van der Waals surface area contributed by atoms with Crippen LogP contribution in [-0.2, 0) is 6.42 Å². The number of hydrogen-bond acceptors (Lipinski definition) is 3. The molecule has 0 bridgehead atoms. The molecule has 29 heavy (non-hydrogen) atoms. The maximum Gasteiger partial charge on any atom is 0.256 e. The van der Waals surface area contributed by atoms with Crippen molar-refractivity contribution in [3.63, 3.8) is 0 Å². The minimum absolute atomic E-state index is 0.110. The van der Waals surface area contributed by atoms with Crippen molar-refractivity contribution >= 4 is 16.8 Å². The first-order valence-electron chi connectivity index (χ1n) is 10.6. The molecule has 0 unspecified atom stereocenters. The summed E-state index contributed by atoms with van der Waals surface area (Å²) in [6.07, 6.45) is 6.15. The number of nitrogens with zero attached hydrogens (tertiary/aromatic N) is 2. The molecule has 0 N–H and O–H groups in total. The third kappa shape index (κ3) is 4.58. The van der Waals surface area contributed by atoms with Gasteiger partial charge in [0.25, 0.3) is 5.91 Å². The van der Waals surface area contributed by atoms with Crippen LogP contribution in [0.25, 0.3) is 10.9 Å². The van der Waals surface area contributed by atoms with E-state index in [9.17, 15) is 4.79 Å². The Bertz CT molecular complexity index is 955. The van der Waals surface area contributed by atoms with Crippen molar-refractivity contribution in [2.24, 2.45) is 5.92 Å². The van der Waals surface area contributed by atoms with Crippen molar-refractivity contribution in [3.8, 4) is 5.75 Å². The molecule has 0 atom stereocenters. The van der Waals surface area contributed by atoms with Crippen molar-refractivity contribution in [1.29, 1.82) is 0 Å². The van der Waals surface area contributed by atoms with Gasteiger partial charge in [0.15, 0.2) is 0 Å². The predicted octanol–water partition coefficient (Wildman–Crippen LogP) is 5.12. The number of rotatable bonds is 6. The Morgan fingerprint density at radius 3 is 2.59 bits per heavy atom. The fraction of sp³-hybridized carbons (Fsp3) is 0.360. The zero-order valence-electron chi connectivity index (χ0n) is 17.0. The minimum atomic E-state index is 0.110. The summed E-state index contributed by atoms with van der Waals surface area (Å²) in [4.78, 5) is 19.5. The molecule has 3 aromatic rings. The molecule has 1 fully saturated rings. The fourth-order valence-corrected chi connectivity index (χ4v) is 4.16. The van der Waals surface area contributed by atoms with Gasteiger partial charge in [0, 0.05) is 24.7 Å².